The average molecular weight is 275 g/mol. The number of hydrogen-bond donors (Lipinski definition) is 3. The van der Waals surface area contributed by atoms with Crippen LogP contribution in [0.15, 0.2) is 18.2 Å². The van der Waals surface area contributed by atoms with Gasteiger partial charge in [-0.3, -0.25) is 4.79 Å². The second-order valence-electron chi connectivity index (χ2n) is 6.15. The molecule has 1 aromatic carbocycles. The van der Waals surface area contributed by atoms with Crippen LogP contribution in [0.4, 0.5) is 0 Å². The summed E-state index contributed by atoms with van der Waals surface area (Å²) in [5.74, 6) is 1.01. The van der Waals surface area contributed by atoms with Gasteiger partial charge in [0.05, 0.1) is 5.56 Å². The number of carbonyl (C=O) groups is 1. The normalized spacial score (nSPS) is 31.5. The zero-order chi connectivity index (χ0) is 14.3. The number of aromatic hydroxyl groups is 1. The number of hydrogen-bond acceptors (Lipinski definition) is 3. The van der Waals surface area contributed by atoms with Gasteiger partial charge in [0.15, 0.2) is 0 Å². The van der Waals surface area contributed by atoms with Crippen LogP contribution in [-0.4, -0.2) is 28.8 Å². The number of aryl methyl sites for hydroxylation is 1. The van der Waals surface area contributed by atoms with E-state index in [4.69, 9.17) is 0 Å². The Kier molecular flexibility index (Phi) is 3.42. The zero-order valence-electron chi connectivity index (χ0n) is 11.7. The van der Waals surface area contributed by atoms with E-state index in [-0.39, 0.29) is 30.2 Å². The highest BCUT2D eigenvalue weighted by Crippen LogP contribution is 2.48. The fourth-order valence-corrected chi connectivity index (χ4v) is 3.97. The van der Waals surface area contributed by atoms with E-state index < -0.39 is 0 Å². The molecule has 0 aromatic heterocycles. The average Bonchev–Trinajstić information content (AvgIpc) is 3.02. The first-order valence-corrected chi connectivity index (χ1v) is 7.32. The van der Waals surface area contributed by atoms with Gasteiger partial charge in [-0.25, -0.2) is 0 Å². The Morgan fingerprint density at radius 1 is 1.35 bits per heavy atom. The lowest BCUT2D eigenvalue weighted by Gasteiger charge is -2.30. The van der Waals surface area contributed by atoms with Gasteiger partial charge in [0.2, 0.25) is 0 Å². The van der Waals surface area contributed by atoms with Crippen LogP contribution >= 0.6 is 0 Å². The molecule has 0 radical (unpaired) electrons. The van der Waals surface area contributed by atoms with Crippen LogP contribution in [0.3, 0.4) is 0 Å². The number of rotatable bonds is 3. The zero-order valence-corrected chi connectivity index (χ0v) is 11.7. The predicted molar refractivity (Wildman–Crippen MR) is 75.5 cm³/mol. The van der Waals surface area contributed by atoms with Crippen molar-refractivity contribution in [2.75, 3.05) is 6.61 Å². The Morgan fingerprint density at radius 3 is 2.85 bits per heavy atom. The van der Waals surface area contributed by atoms with Gasteiger partial charge in [0, 0.05) is 18.6 Å². The van der Waals surface area contributed by atoms with Gasteiger partial charge in [-0.05, 0) is 49.7 Å². The molecule has 4 unspecified atom stereocenters. The molecular formula is C16H21NO3. The molecule has 20 heavy (non-hydrogen) atoms. The number of benzene rings is 1. The fourth-order valence-electron chi connectivity index (χ4n) is 3.97. The van der Waals surface area contributed by atoms with Crippen LogP contribution in [-0.2, 0) is 0 Å². The van der Waals surface area contributed by atoms with Gasteiger partial charge < -0.3 is 15.5 Å². The molecule has 2 fully saturated rings. The molecule has 1 amide bonds. The first-order chi connectivity index (χ1) is 9.61. The van der Waals surface area contributed by atoms with Crippen LogP contribution in [0.5, 0.6) is 5.75 Å². The maximum absolute atomic E-state index is 12.4. The van der Waals surface area contributed by atoms with Crippen molar-refractivity contribution >= 4 is 5.91 Å². The molecule has 0 heterocycles. The molecule has 0 saturated heterocycles. The van der Waals surface area contributed by atoms with E-state index in [9.17, 15) is 15.0 Å². The van der Waals surface area contributed by atoms with Crippen molar-refractivity contribution in [2.45, 2.75) is 32.2 Å². The number of phenolic OH excluding ortho intramolecular Hbond substituents is 1. The maximum Gasteiger partial charge on any atom is 0.255 e. The number of carbonyl (C=O) groups excluding carboxylic acids is 1. The highest BCUT2D eigenvalue weighted by Gasteiger charge is 2.47. The predicted octanol–water partition coefficient (Wildman–Crippen LogP) is 1.84. The first-order valence-electron chi connectivity index (χ1n) is 7.32. The van der Waals surface area contributed by atoms with Crippen LogP contribution in [0.25, 0.3) is 0 Å². The summed E-state index contributed by atoms with van der Waals surface area (Å²) in [4.78, 5) is 12.4. The molecule has 1 aromatic rings. The summed E-state index contributed by atoms with van der Waals surface area (Å²) >= 11 is 0. The number of amides is 1. The largest absolute Gasteiger partial charge is 0.507 e. The Labute approximate surface area is 118 Å². The van der Waals surface area contributed by atoms with Gasteiger partial charge in [-0.1, -0.05) is 12.1 Å². The third-order valence-corrected chi connectivity index (χ3v) is 5.08. The lowest BCUT2D eigenvalue weighted by molar-refractivity contribution is 0.0859. The minimum Gasteiger partial charge on any atom is -0.507 e. The van der Waals surface area contributed by atoms with Gasteiger partial charge in [0.25, 0.3) is 5.91 Å². The molecule has 108 valence electrons. The molecule has 4 nitrogen and oxygen atoms in total. The van der Waals surface area contributed by atoms with Gasteiger partial charge in [0.1, 0.15) is 5.75 Å². The summed E-state index contributed by atoms with van der Waals surface area (Å²) in [7, 11) is 0. The Bertz CT molecular complexity index is 528. The van der Waals surface area contributed by atoms with Crippen LogP contribution in [0.2, 0.25) is 0 Å². The summed E-state index contributed by atoms with van der Waals surface area (Å²) in [6.45, 7) is 1.91. The summed E-state index contributed by atoms with van der Waals surface area (Å²) in [5.41, 5.74) is 1.02. The maximum atomic E-state index is 12.4. The monoisotopic (exact) mass is 275 g/mol. The van der Waals surface area contributed by atoms with E-state index in [1.165, 1.54) is 0 Å². The number of phenols is 1. The topological polar surface area (TPSA) is 69.6 Å². The minimum absolute atomic E-state index is 0.0474. The highest BCUT2D eigenvalue weighted by atomic mass is 16.3. The highest BCUT2D eigenvalue weighted by molar-refractivity contribution is 5.97. The summed E-state index contributed by atoms with van der Waals surface area (Å²) in [6, 6.07) is 5.24. The standard InChI is InChI=1S/C16H21NO3/c1-9-3-2-4-12(15(9)19)16(20)17-14-11-6-5-10(7-11)13(14)8-18/h2-4,10-11,13-14,18-19H,5-8H2,1H3,(H,17,20). The first kappa shape index (κ1) is 13.4. The molecule has 0 spiro atoms. The minimum atomic E-state index is -0.234. The molecule has 3 N–H and O–H groups in total. The molecule has 2 aliphatic carbocycles. The van der Waals surface area contributed by atoms with Crippen molar-refractivity contribution in [3.63, 3.8) is 0 Å². The lowest BCUT2D eigenvalue weighted by Crippen LogP contribution is -2.45. The van der Waals surface area contributed by atoms with E-state index in [2.05, 4.69) is 5.32 Å². The molecule has 2 aliphatic rings. The molecule has 4 heteroatoms. The van der Waals surface area contributed by atoms with Crippen molar-refractivity contribution in [2.24, 2.45) is 17.8 Å². The fraction of sp³-hybridized carbons (Fsp3) is 0.562. The second-order valence-corrected chi connectivity index (χ2v) is 6.15. The van der Waals surface area contributed by atoms with E-state index in [1.54, 1.807) is 25.1 Å². The lowest BCUT2D eigenvalue weighted by atomic mass is 9.85. The third-order valence-electron chi connectivity index (χ3n) is 5.08. The van der Waals surface area contributed by atoms with E-state index in [0.29, 0.717) is 23.0 Å². The second kappa shape index (κ2) is 5.09. The van der Waals surface area contributed by atoms with Crippen molar-refractivity contribution in [3.8, 4) is 5.75 Å². The van der Waals surface area contributed by atoms with Crippen LogP contribution in [0, 0.1) is 24.7 Å². The Balaban J connectivity index is 1.77. The van der Waals surface area contributed by atoms with Crippen molar-refractivity contribution in [3.05, 3.63) is 29.3 Å². The molecular weight excluding hydrogens is 254 g/mol. The molecule has 0 aliphatic heterocycles. The Hall–Kier alpha value is -1.55. The third kappa shape index (κ3) is 2.08. The number of fused-ring (bicyclic) bond motifs is 2. The van der Waals surface area contributed by atoms with E-state index in [0.717, 1.165) is 19.3 Å². The van der Waals surface area contributed by atoms with Gasteiger partial charge in [-0.15, -0.1) is 0 Å². The van der Waals surface area contributed by atoms with Crippen molar-refractivity contribution in [1.29, 1.82) is 0 Å². The molecule has 4 atom stereocenters. The number of aliphatic hydroxyl groups is 1. The number of aliphatic hydroxyl groups excluding tert-OH is 1. The Morgan fingerprint density at radius 2 is 2.10 bits per heavy atom. The van der Waals surface area contributed by atoms with Gasteiger partial charge >= 0.3 is 0 Å². The van der Waals surface area contributed by atoms with Gasteiger partial charge in [-0.2, -0.15) is 0 Å². The SMILES string of the molecule is Cc1cccc(C(=O)NC2C3CCC(C3)C2CO)c1O. The number of nitrogens with one attached hydrogen (secondary N) is 1. The van der Waals surface area contributed by atoms with Crippen LogP contribution < -0.4 is 5.32 Å². The van der Waals surface area contributed by atoms with Crippen molar-refractivity contribution in [1.82, 2.24) is 5.32 Å². The van der Waals surface area contributed by atoms with Crippen LogP contribution in [0.1, 0.15) is 35.2 Å². The molecule has 2 saturated carbocycles. The van der Waals surface area contributed by atoms with E-state index >= 15 is 0 Å². The summed E-state index contributed by atoms with van der Waals surface area (Å²) in [6.07, 6.45) is 3.40. The quantitative estimate of drug-likeness (QED) is 0.788. The van der Waals surface area contributed by atoms with E-state index in [1.807, 2.05) is 0 Å². The summed E-state index contributed by atoms with van der Waals surface area (Å²) < 4.78 is 0. The molecule has 3 rings (SSSR count). The summed E-state index contributed by atoms with van der Waals surface area (Å²) in [5, 5.41) is 22.6. The van der Waals surface area contributed by atoms with Crippen molar-refractivity contribution < 1.29 is 15.0 Å². The number of para-hydroxylation sites is 1. The molecule has 2 bridgehead atoms. The smallest absolute Gasteiger partial charge is 0.255 e.